The minimum Gasteiger partial charge on any atom is -0.387 e. The minimum absolute atomic E-state index is 0. The van der Waals surface area contributed by atoms with Crippen LogP contribution in [-0.4, -0.2) is 37.4 Å². The van der Waals surface area contributed by atoms with Gasteiger partial charge in [-0.05, 0) is 76.0 Å². The first-order valence-corrected chi connectivity index (χ1v) is 11.9. The highest BCUT2D eigenvalue weighted by Crippen LogP contribution is 2.31. The fourth-order valence-corrected chi connectivity index (χ4v) is 5.46. The molecule has 1 aromatic carbocycles. The Morgan fingerprint density at radius 3 is 2.48 bits per heavy atom. The van der Waals surface area contributed by atoms with Gasteiger partial charge in [-0.25, -0.2) is 17.5 Å². The van der Waals surface area contributed by atoms with Crippen LogP contribution in [0.1, 0.15) is 71.0 Å². The van der Waals surface area contributed by atoms with E-state index in [4.69, 9.17) is 0 Å². The van der Waals surface area contributed by atoms with E-state index >= 15 is 0 Å². The van der Waals surface area contributed by atoms with E-state index in [1.165, 1.54) is 12.1 Å². The number of sulfonamides is 1. The van der Waals surface area contributed by atoms with Crippen LogP contribution in [0.15, 0.2) is 24.3 Å². The second-order valence-corrected chi connectivity index (χ2v) is 10.6. The van der Waals surface area contributed by atoms with E-state index in [-0.39, 0.29) is 35.6 Å². The lowest BCUT2D eigenvalue weighted by atomic mass is 9.79. The molecule has 0 heterocycles. The summed E-state index contributed by atoms with van der Waals surface area (Å²) in [6.07, 6.45) is 4.57. The van der Waals surface area contributed by atoms with E-state index in [9.17, 15) is 17.9 Å². The first-order chi connectivity index (χ1) is 13.1. The van der Waals surface area contributed by atoms with Crippen molar-refractivity contribution in [3.63, 3.8) is 0 Å². The fraction of sp³-hybridized carbons (Fsp3) is 0.714. The van der Waals surface area contributed by atoms with Gasteiger partial charge >= 0.3 is 0 Å². The quantitative estimate of drug-likeness (QED) is 0.504. The van der Waals surface area contributed by atoms with Crippen LogP contribution < -0.4 is 10.0 Å². The predicted molar refractivity (Wildman–Crippen MR) is 118 cm³/mol. The summed E-state index contributed by atoms with van der Waals surface area (Å²) < 4.78 is 40.0. The van der Waals surface area contributed by atoms with Crippen molar-refractivity contribution < 1.29 is 17.9 Å². The van der Waals surface area contributed by atoms with E-state index < -0.39 is 16.1 Å². The van der Waals surface area contributed by atoms with Gasteiger partial charge in [-0.15, -0.1) is 12.4 Å². The van der Waals surface area contributed by atoms with Crippen LogP contribution >= 0.6 is 12.4 Å². The second kappa shape index (κ2) is 11.6. The summed E-state index contributed by atoms with van der Waals surface area (Å²) in [5.74, 6) is 0.375. The number of aliphatic hydroxyl groups is 1. The Bertz CT molecular complexity index is 722. The molecule has 5 nitrogen and oxygen atoms in total. The number of hydrogen-bond acceptors (Lipinski definition) is 4. The second-order valence-electron chi connectivity index (χ2n) is 8.69. The SMILES string of the molecule is CCCS(=O)(=O)NC1CCC(CC(C)(C)NC[C@H](O)c2cccc(F)c2)CC1.Cl. The van der Waals surface area contributed by atoms with Gasteiger partial charge in [0.25, 0.3) is 0 Å². The topological polar surface area (TPSA) is 78.4 Å². The normalized spacial score (nSPS) is 21.4. The molecule has 2 rings (SSSR count). The molecule has 3 N–H and O–H groups in total. The first kappa shape index (κ1) is 26.3. The summed E-state index contributed by atoms with van der Waals surface area (Å²) in [5, 5.41) is 13.7. The van der Waals surface area contributed by atoms with Crippen molar-refractivity contribution in [2.45, 2.75) is 77.0 Å². The van der Waals surface area contributed by atoms with E-state index in [0.29, 0.717) is 24.4 Å². The van der Waals surface area contributed by atoms with Crippen molar-refractivity contribution in [2.75, 3.05) is 12.3 Å². The Kier molecular flexibility index (Phi) is 10.5. The maximum atomic E-state index is 13.3. The molecule has 0 aliphatic heterocycles. The Morgan fingerprint density at radius 2 is 1.90 bits per heavy atom. The molecule has 1 aliphatic carbocycles. The molecule has 168 valence electrons. The van der Waals surface area contributed by atoms with Crippen LogP contribution in [0.3, 0.4) is 0 Å². The lowest BCUT2D eigenvalue weighted by molar-refractivity contribution is 0.149. The minimum atomic E-state index is -3.15. The maximum Gasteiger partial charge on any atom is 0.211 e. The third-order valence-electron chi connectivity index (χ3n) is 5.47. The van der Waals surface area contributed by atoms with Gasteiger partial charge in [0, 0.05) is 18.1 Å². The Morgan fingerprint density at radius 1 is 1.24 bits per heavy atom. The Hall–Kier alpha value is -0.730. The molecule has 0 unspecified atom stereocenters. The third-order valence-corrected chi connectivity index (χ3v) is 7.11. The molecule has 0 radical (unpaired) electrons. The maximum absolute atomic E-state index is 13.3. The van der Waals surface area contributed by atoms with E-state index in [2.05, 4.69) is 23.9 Å². The number of β-amino-alcohol motifs (C(OH)–C–C–N with tert-alkyl or cyclic N) is 1. The fourth-order valence-electron chi connectivity index (χ4n) is 4.06. The lowest BCUT2D eigenvalue weighted by Crippen LogP contribution is -2.44. The van der Waals surface area contributed by atoms with Crippen molar-refractivity contribution in [3.05, 3.63) is 35.6 Å². The standard InChI is InChI=1S/C21H35FN2O3S.ClH/c1-4-12-28(26,27)24-19-10-8-16(9-11-19)14-21(2,3)23-15-20(25)17-6-5-7-18(22)13-17;/h5-7,13,16,19-20,23-25H,4,8-12,14-15H2,1-3H3;1H/t16?,19?,20-;/m0./s1. The summed E-state index contributed by atoms with van der Waals surface area (Å²) in [6.45, 7) is 6.46. The largest absolute Gasteiger partial charge is 0.387 e. The van der Waals surface area contributed by atoms with Gasteiger partial charge in [-0.2, -0.15) is 0 Å². The highest BCUT2D eigenvalue weighted by molar-refractivity contribution is 7.89. The third kappa shape index (κ3) is 9.30. The molecule has 1 fully saturated rings. The van der Waals surface area contributed by atoms with Crippen LogP contribution in [0.5, 0.6) is 0 Å². The Balaban J connectivity index is 0.00000420. The van der Waals surface area contributed by atoms with Gasteiger partial charge in [0.15, 0.2) is 0 Å². The van der Waals surface area contributed by atoms with Crippen LogP contribution in [-0.2, 0) is 10.0 Å². The van der Waals surface area contributed by atoms with Crippen LogP contribution in [0.2, 0.25) is 0 Å². The highest BCUT2D eigenvalue weighted by atomic mass is 35.5. The Labute approximate surface area is 181 Å². The zero-order chi connectivity index (χ0) is 20.8. The predicted octanol–water partition coefficient (Wildman–Crippen LogP) is 3.93. The molecule has 1 aliphatic rings. The monoisotopic (exact) mass is 450 g/mol. The number of halogens is 2. The smallest absolute Gasteiger partial charge is 0.211 e. The molecule has 0 spiro atoms. The molecule has 0 aromatic heterocycles. The summed E-state index contributed by atoms with van der Waals surface area (Å²) in [4.78, 5) is 0. The van der Waals surface area contributed by atoms with Crippen LogP contribution in [0.25, 0.3) is 0 Å². The molecule has 1 aromatic rings. The zero-order valence-corrected chi connectivity index (χ0v) is 19.3. The van der Waals surface area contributed by atoms with E-state index in [1.807, 2.05) is 6.92 Å². The number of benzene rings is 1. The number of nitrogens with one attached hydrogen (secondary N) is 2. The van der Waals surface area contributed by atoms with Gasteiger partial charge < -0.3 is 10.4 Å². The average molecular weight is 451 g/mol. The number of hydrogen-bond donors (Lipinski definition) is 3. The van der Waals surface area contributed by atoms with Crippen molar-refractivity contribution >= 4 is 22.4 Å². The van der Waals surface area contributed by atoms with Gasteiger partial charge in [-0.1, -0.05) is 19.1 Å². The van der Waals surface area contributed by atoms with Gasteiger partial charge in [0.2, 0.25) is 10.0 Å². The van der Waals surface area contributed by atoms with Crippen molar-refractivity contribution in [1.29, 1.82) is 0 Å². The van der Waals surface area contributed by atoms with Gasteiger partial charge in [0.05, 0.1) is 11.9 Å². The summed E-state index contributed by atoms with van der Waals surface area (Å²) >= 11 is 0. The van der Waals surface area contributed by atoms with E-state index in [0.717, 1.165) is 32.1 Å². The summed E-state index contributed by atoms with van der Waals surface area (Å²) in [6, 6.07) is 6.11. The lowest BCUT2D eigenvalue weighted by Gasteiger charge is -2.35. The summed E-state index contributed by atoms with van der Waals surface area (Å²) in [7, 11) is -3.15. The number of aliphatic hydroxyl groups excluding tert-OH is 1. The van der Waals surface area contributed by atoms with Crippen LogP contribution in [0, 0.1) is 11.7 Å². The molecule has 8 heteroatoms. The molecule has 29 heavy (non-hydrogen) atoms. The molecule has 0 bridgehead atoms. The van der Waals surface area contributed by atoms with Crippen molar-refractivity contribution in [1.82, 2.24) is 10.0 Å². The molecule has 0 amide bonds. The van der Waals surface area contributed by atoms with E-state index in [1.54, 1.807) is 12.1 Å². The molecular formula is C21H36ClFN2O3S. The van der Waals surface area contributed by atoms with Crippen molar-refractivity contribution in [3.8, 4) is 0 Å². The average Bonchev–Trinajstić information content (AvgIpc) is 2.61. The molecular weight excluding hydrogens is 415 g/mol. The summed E-state index contributed by atoms with van der Waals surface area (Å²) in [5.41, 5.74) is 0.413. The highest BCUT2D eigenvalue weighted by Gasteiger charge is 2.29. The molecule has 0 saturated heterocycles. The van der Waals surface area contributed by atoms with Gasteiger partial charge in [0.1, 0.15) is 5.82 Å². The molecule has 1 saturated carbocycles. The zero-order valence-electron chi connectivity index (χ0n) is 17.7. The van der Waals surface area contributed by atoms with Gasteiger partial charge in [-0.3, -0.25) is 0 Å². The van der Waals surface area contributed by atoms with Crippen molar-refractivity contribution in [2.24, 2.45) is 5.92 Å². The first-order valence-electron chi connectivity index (χ1n) is 10.3. The number of rotatable bonds is 10. The van der Waals surface area contributed by atoms with Crippen LogP contribution in [0.4, 0.5) is 4.39 Å². The molecule has 1 atom stereocenters.